The predicted molar refractivity (Wildman–Crippen MR) is 64.5 cm³/mol. The van der Waals surface area contributed by atoms with Crippen LogP contribution in [0.2, 0.25) is 0 Å². The molecule has 3 aromatic heterocycles. The van der Waals surface area contributed by atoms with Gasteiger partial charge in [-0.15, -0.1) is 11.3 Å². The second-order valence-electron chi connectivity index (χ2n) is 3.57. The molecule has 3 aromatic rings. The maximum absolute atomic E-state index is 12.4. The third-order valence-corrected chi connectivity index (χ3v) is 3.22. The number of fused-ring (bicyclic) bond motifs is 1. The Hall–Kier alpha value is -2.02. The highest BCUT2D eigenvalue weighted by atomic mass is 32.1. The fraction of sp³-hybridized carbons (Fsp3) is 0.0909. The summed E-state index contributed by atoms with van der Waals surface area (Å²) in [6.07, 6.45) is -2.65. The van der Waals surface area contributed by atoms with E-state index in [4.69, 9.17) is 10.2 Å². The highest BCUT2D eigenvalue weighted by Gasteiger charge is 2.16. The highest BCUT2D eigenvalue weighted by molar-refractivity contribution is 7.16. The molecule has 92 valence electrons. The largest absolute Gasteiger partial charge is 0.452 e. The van der Waals surface area contributed by atoms with Gasteiger partial charge in [0.1, 0.15) is 10.6 Å². The minimum Gasteiger partial charge on any atom is -0.452 e. The molecule has 0 aliphatic carbocycles. The Morgan fingerprint density at radius 1 is 1.22 bits per heavy atom. The molecule has 0 fully saturated rings. The van der Waals surface area contributed by atoms with Crippen molar-refractivity contribution in [3.63, 3.8) is 0 Å². The highest BCUT2D eigenvalue weighted by Crippen LogP contribution is 2.29. The molecule has 3 rings (SSSR count). The summed E-state index contributed by atoms with van der Waals surface area (Å²) in [5, 5.41) is 2.59. The molecule has 0 unspecified atom stereocenters. The number of hydrogen-bond donors (Lipinski definition) is 1. The number of hydrogen-bond acceptors (Lipinski definition) is 5. The molecule has 0 radical (unpaired) electrons. The minimum absolute atomic E-state index is 0.187. The minimum atomic E-state index is -2.65. The van der Waals surface area contributed by atoms with Crippen LogP contribution in [0.5, 0.6) is 0 Å². The molecular weight excluding hydrogens is 260 g/mol. The van der Waals surface area contributed by atoms with Gasteiger partial charge in [-0.3, -0.25) is 0 Å². The average Bonchev–Trinajstić information content (AvgIpc) is 2.97. The Morgan fingerprint density at radius 3 is 2.78 bits per heavy atom. The summed E-state index contributed by atoms with van der Waals surface area (Å²) in [6, 6.07) is 4.43. The van der Waals surface area contributed by atoms with Crippen molar-refractivity contribution in [2.75, 3.05) is 5.73 Å². The van der Waals surface area contributed by atoms with Gasteiger partial charge in [-0.25, -0.2) is 18.7 Å². The van der Waals surface area contributed by atoms with Gasteiger partial charge < -0.3 is 10.2 Å². The maximum Gasteiger partial charge on any atom is 0.295 e. The third kappa shape index (κ3) is 1.72. The quantitative estimate of drug-likeness (QED) is 0.772. The number of nitrogens with zero attached hydrogens (tertiary/aromatic N) is 2. The molecule has 0 spiro atoms. The van der Waals surface area contributed by atoms with E-state index in [9.17, 15) is 8.78 Å². The van der Waals surface area contributed by atoms with E-state index >= 15 is 0 Å². The fourth-order valence-corrected chi connectivity index (χ4v) is 2.35. The van der Waals surface area contributed by atoms with Crippen LogP contribution in [0.25, 0.3) is 21.8 Å². The van der Waals surface area contributed by atoms with Crippen LogP contribution >= 0.6 is 11.3 Å². The number of nitrogens with two attached hydrogens (primary N) is 1. The molecule has 0 amide bonds. The Labute approximate surface area is 104 Å². The van der Waals surface area contributed by atoms with Crippen molar-refractivity contribution in [2.24, 2.45) is 0 Å². The first-order valence-corrected chi connectivity index (χ1v) is 5.92. The molecule has 7 heteroatoms. The van der Waals surface area contributed by atoms with E-state index in [0.717, 1.165) is 5.39 Å². The van der Waals surface area contributed by atoms with Gasteiger partial charge in [-0.1, -0.05) is 0 Å². The van der Waals surface area contributed by atoms with Crippen LogP contribution in [0, 0.1) is 0 Å². The van der Waals surface area contributed by atoms with E-state index in [1.54, 1.807) is 0 Å². The number of nitrogen functional groups attached to an aromatic ring is 1. The van der Waals surface area contributed by atoms with E-state index in [1.807, 2.05) is 11.4 Å². The van der Waals surface area contributed by atoms with Crippen LogP contribution < -0.4 is 5.73 Å². The number of anilines is 1. The summed E-state index contributed by atoms with van der Waals surface area (Å²) in [7, 11) is 0. The molecule has 0 saturated heterocycles. The fourth-order valence-electron chi connectivity index (χ4n) is 1.58. The van der Waals surface area contributed by atoms with Crippen LogP contribution in [0.3, 0.4) is 0 Å². The number of thiophene rings is 1. The normalized spacial score (nSPS) is 11.5. The van der Waals surface area contributed by atoms with Gasteiger partial charge in [0.15, 0.2) is 17.3 Å². The number of alkyl halides is 2. The molecule has 0 saturated carbocycles. The van der Waals surface area contributed by atoms with Crippen molar-refractivity contribution in [1.29, 1.82) is 0 Å². The molecule has 0 aliphatic heterocycles. The summed E-state index contributed by atoms with van der Waals surface area (Å²) in [6.45, 7) is 0. The van der Waals surface area contributed by atoms with Gasteiger partial charge in [0.2, 0.25) is 0 Å². The molecular formula is C11H7F2N3OS. The monoisotopic (exact) mass is 267 g/mol. The Balaban J connectivity index is 2.12. The first-order chi connectivity index (χ1) is 8.65. The Kier molecular flexibility index (Phi) is 2.48. The summed E-state index contributed by atoms with van der Waals surface area (Å²) < 4.78 is 29.8. The summed E-state index contributed by atoms with van der Waals surface area (Å²) in [5.74, 6) is 0.311. The lowest BCUT2D eigenvalue weighted by Gasteiger charge is -1.99. The third-order valence-electron chi connectivity index (χ3n) is 2.42. The summed E-state index contributed by atoms with van der Waals surface area (Å²) in [5.41, 5.74) is 5.77. The first kappa shape index (κ1) is 11.1. The van der Waals surface area contributed by atoms with E-state index < -0.39 is 12.2 Å². The van der Waals surface area contributed by atoms with Crippen molar-refractivity contribution >= 4 is 27.4 Å². The second kappa shape index (κ2) is 4.02. The van der Waals surface area contributed by atoms with E-state index in [0.29, 0.717) is 10.6 Å². The zero-order chi connectivity index (χ0) is 12.7. The van der Waals surface area contributed by atoms with E-state index in [2.05, 4.69) is 9.97 Å². The molecule has 18 heavy (non-hydrogen) atoms. The molecule has 0 aromatic carbocycles. The maximum atomic E-state index is 12.4. The first-order valence-electron chi connectivity index (χ1n) is 5.04. The van der Waals surface area contributed by atoms with Crippen molar-refractivity contribution in [2.45, 2.75) is 6.43 Å². The SMILES string of the molecule is Nc1nc(-c2ccc(C(F)F)o2)nc2sccc12. The van der Waals surface area contributed by atoms with Crippen molar-refractivity contribution in [1.82, 2.24) is 9.97 Å². The second-order valence-corrected chi connectivity index (χ2v) is 4.47. The average molecular weight is 267 g/mol. The predicted octanol–water partition coefficient (Wildman–Crippen LogP) is 3.47. The van der Waals surface area contributed by atoms with Crippen molar-refractivity contribution in [3.05, 3.63) is 29.3 Å². The topological polar surface area (TPSA) is 64.9 Å². The lowest BCUT2D eigenvalue weighted by atomic mass is 10.3. The molecule has 2 N–H and O–H groups in total. The smallest absolute Gasteiger partial charge is 0.295 e. The lowest BCUT2D eigenvalue weighted by molar-refractivity contribution is 0.122. The Morgan fingerprint density at radius 2 is 2.06 bits per heavy atom. The molecule has 0 aliphatic rings. The number of aromatic nitrogens is 2. The van der Waals surface area contributed by atoms with Crippen molar-refractivity contribution in [3.8, 4) is 11.6 Å². The van der Waals surface area contributed by atoms with Gasteiger partial charge in [-0.05, 0) is 23.6 Å². The molecule has 0 bridgehead atoms. The van der Waals surface area contributed by atoms with Crippen molar-refractivity contribution < 1.29 is 13.2 Å². The molecule has 0 atom stereocenters. The van der Waals surface area contributed by atoms with Crippen LogP contribution in [-0.4, -0.2) is 9.97 Å². The summed E-state index contributed by atoms with van der Waals surface area (Å²) >= 11 is 1.40. The van der Waals surface area contributed by atoms with Gasteiger partial charge >= 0.3 is 0 Å². The van der Waals surface area contributed by atoms with Gasteiger partial charge in [-0.2, -0.15) is 0 Å². The number of halogens is 2. The van der Waals surface area contributed by atoms with E-state index in [-0.39, 0.29) is 11.6 Å². The standard InChI is InChI=1S/C11H7F2N3OS/c12-8(13)6-1-2-7(17-6)10-15-9(14)5-3-4-18-11(5)16-10/h1-4,8H,(H2,14,15,16). The number of rotatable bonds is 2. The lowest BCUT2D eigenvalue weighted by Crippen LogP contribution is -1.95. The Bertz CT molecular complexity index is 707. The number of furan rings is 1. The van der Waals surface area contributed by atoms with Crippen LogP contribution in [-0.2, 0) is 0 Å². The summed E-state index contributed by atoms with van der Waals surface area (Å²) in [4.78, 5) is 8.98. The van der Waals surface area contributed by atoms with Crippen LogP contribution in [0.1, 0.15) is 12.2 Å². The molecule has 4 nitrogen and oxygen atoms in total. The van der Waals surface area contributed by atoms with Gasteiger partial charge in [0, 0.05) is 0 Å². The van der Waals surface area contributed by atoms with Crippen LogP contribution in [0.15, 0.2) is 28.0 Å². The van der Waals surface area contributed by atoms with Gasteiger partial charge in [0.05, 0.1) is 5.39 Å². The zero-order valence-corrected chi connectivity index (χ0v) is 9.75. The zero-order valence-electron chi connectivity index (χ0n) is 8.93. The van der Waals surface area contributed by atoms with Crippen LogP contribution in [0.4, 0.5) is 14.6 Å². The molecule has 3 heterocycles. The van der Waals surface area contributed by atoms with E-state index in [1.165, 1.54) is 23.5 Å². The van der Waals surface area contributed by atoms with Gasteiger partial charge in [0.25, 0.3) is 6.43 Å².